The van der Waals surface area contributed by atoms with E-state index in [-0.39, 0.29) is 6.03 Å². The van der Waals surface area contributed by atoms with Gasteiger partial charge in [0, 0.05) is 50.2 Å². The topological polar surface area (TPSA) is 86.6 Å². The van der Waals surface area contributed by atoms with Crippen LogP contribution in [-0.2, 0) is 20.1 Å². The summed E-state index contributed by atoms with van der Waals surface area (Å²) in [7, 11) is 1.96. The number of urea groups is 1. The third-order valence-electron chi connectivity index (χ3n) is 5.43. The van der Waals surface area contributed by atoms with E-state index in [0.29, 0.717) is 13.1 Å². The molecule has 8 nitrogen and oxygen atoms in total. The van der Waals surface area contributed by atoms with Crippen LogP contribution >= 0.6 is 0 Å². The van der Waals surface area contributed by atoms with E-state index in [2.05, 4.69) is 28.0 Å². The minimum absolute atomic E-state index is 0.0228. The number of aromatic nitrogens is 2. The zero-order valence-electron chi connectivity index (χ0n) is 18.5. The van der Waals surface area contributed by atoms with Gasteiger partial charge in [0.15, 0.2) is 5.96 Å². The molecule has 0 unspecified atom stereocenters. The number of likely N-dealkylation sites (tertiary alicyclic amines) is 1. The second-order valence-corrected chi connectivity index (χ2v) is 7.65. The molecule has 30 heavy (non-hydrogen) atoms. The van der Waals surface area contributed by atoms with Crippen LogP contribution in [-0.4, -0.2) is 46.3 Å². The first-order chi connectivity index (χ1) is 14.5. The van der Waals surface area contributed by atoms with Crippen molar-refractivity contribution < 1.29 is 4.79 Å². The smallest absolute Gasteiger partial charge is 0.321 e. The molecule has 1 aromatic carbocycles. The van der Waals surface area contributed by atoms with Crippen LogP contribution in [0.3, 0.4) is 0 Å². The van der Waals surface area contributed by atoms with E-state index >= 15 is 0 Å². The lowest BCUT2D eigenvalue weighted by Gasteiger charge is -2.16. The number of nitrogens with one attached hydrogen (secondary N) is 3. The standard InChI is InChI=1S/C22H33N7O/c1-5-23-21(25-15-20-16(2)27-28(4)17(20)3)24-14-18-9-8-10-19(13-18)26-22(30)29-11-6-7-12-29/h8-10,13H,5-7,11-12,14-15H2,1-4H3,(H,26,30)(H2,23,24,25). The molecule has 0 aliphatic carbocycles. The molecule has 1 saturated heterocycles. The Morgan fingerprint density at radius 3 is 2.63 bits per heavy atom. The third-order valence-corrected chi connectivity index (χ3v) is 5.43. The Morgan fingerprint density at radius 2 is 1.97 bits per heavy atom. The highest BCUT2D eigenvalue weighted by Crippen LogP contribution is 2.15. The summed E-state index contributed by atoms with van der Waals surface area (Å²) in [6.07, 6.45) is 2.17. The van der Waals surface area contributed by atoms with Gasteiger partial charge in [-0.05, 0) is 51.3 Å². The van der Waals surface area contributed by atoms with Crippen molar-refractivity contribution in [3.63, 3.8) is 0 Å². The molecular weight excluding hydrogens is 378 g/mol. The fourth-order valence-electron chi connectivity index (χ4n) is 3.63. The van der Waals surface area contributed by atoms with Crippen LogP contribution in [0.5, 0.6) is 0 Å². The first-order valence-corrected chi connectivity index (χ1v) is 10.6. The summed E-state index contributed by atoms with van der Waals surface area (Å²) in [4.78, 5) is 18.9. The summed E-state index contributed by atoms with van der Waals surface area (Å²) < 4.78 is 1.90. The Balaban J connectivity index is 1.61. The molecule has 0 bridgehead atoms. The molecule has 3 N–H and O–H groups in total. The van der Waals surface area contributed by atoms with Gasteiger partial charge in [-0.2, -0.15) is 5.10 Å². The maximum absolute atomic E-state index is 12.3. The van der Waals surface area contributed by atoms with Gasteiger partial charge in [-0.25, -0.2) is 9.79 Å². The summed E-state index contributed by atoms with van der Waals surface area (Å²) in [6, 6.07) is 7.85. The van der Waals surface area contributed by atoms with Gasteiger partial charge in [-0.3, -0.25) is 4.68 Å². The molecule has 1 aliphatic rings. The summed E-state index contributed by atoms with van der Waals surface area (Å²) in [5.74, 6) is 0.756. The Labute approximate surface area is 178 Å². The average molecular weight is 412 g/mol. The van der Waals surface area contributed by atoms with Crippen LogP contribution in [0.15, 0.2) is 29.3 Å². The van der Waals surface area contributed by atoms with Gasteiger partial charge in [0.05, 0.1) is 12.2 Å². The zero-order valence-corrected chi connectivity index (χ0v) is 18.5. The first kappa shape index (κ1) is 21.7. The van der Waals surface area contributed by atoms with Crippen LogP contribution in [0.1, 0.15) is 42.3 Å². The highest BCUT2D eigenvalue weighted by molar-refractivity contribution is 5.89. The Hall–Kier alpha value is -3.03. The number of hydrogen-bond acceptors (Lipinski definition) is 3. The predicted octanol–water partition coefficient (Wildman–Crippen LogP) is 2.92. The van der Waals surface area contributed by atoms with Crippen LogP contribution in [0.2, 0.25) is 0 Å². The number of aryl methyl sites for hydroxylation is 2. The number of nitrogens with zero attached hydrogens (tertiary/aromatic N) is 4. The molecule has 0 saturated carbocycles. The molecule has 162 valence electrons. The molecule has 0 atom stereocenters. The largest absolute Gasteiger partial charge is 0.357 e. The lowest BCUT2D eigenvalue weighted by atomic mass is 10.2. The van der Waals surface area contributed by atoms with Gasteiger partial charge >= 0.3 is 6.03 Å². The Bertz CT molecular complexity index is 897. The molecule has 0 radical (unpaired) electrons. The molecule has 1 aliphatic heterocycles. The monoisotopic (exact) mass is 411 g/mol. The fraction of sp³-hybridized carbons (Fsp3) is 0.500. The quantitative estimate of drug-likeness (QED) is 0.504. The minimum atomic E-state index is -0.0228. The van der Waals surface area contributed by atoms with Crippen molar-refractivity contribution in [1.29, 1.82) is 0 Å². The second-order valence-electron chi connectivity index (χ2n) is 7.65. The molecule has 2 heterocycles. The van der Waals surface area contributed by atoms with E-state index in [0.717, 1.165) is 61.1 Å². The molecule has 0 spiro atoms. The van der Waals surface area contributed by atoms with E-state index in [9.17, 15) is 4.79 Å². The average Bonchev–Trinajstić information content (AvgIpc) is 3.34. The third kappa shape index (κ3) is 5.52. The number of aliphatic imine (C=N–C) groups is 1. The van der Waals surface area contributed by atoms with Crippen molar-refractivity contribution in [2.24, 2.45) is 12.0 Å². The number of carbonyl (C=O) groups excluding carboxylic acids is 1. The summed E-state index contributed by atoms with van der Waals surface area (Å²) in [5.41, 5.74) is 5.21. The maximum atomic E-state index is 12.3. The molecular formula is C22H33N7O. The van der Waals surface area contributed by atoms with Crippen LogP contribution in [0, 0.1) is 13.8 Å². The lowest BCUT2D eigenvalue weighted by Crippen LogP contribution is -2.37. The van der Waals surface area contributed by atoms with E-state index in [1.165, 1.54) is 5.56 Å². The number of rotatable bonds is 6. The summed E-state index contributed by atoms with van der Waals surface area (Å²) >= 11 is 0. The normalized spacial score (nSPS) is 14.1. The first-order valence-electron chi connectivity index (χ1n) is 10.6. The number of amides is 2. The number of anilines is 1. The van der Waals surface area contributed by atoms with Gasteiger partial charge in [-0.1, -0.05) is 12.1 Å². The van der Waals surface area contributed by atoms with Gasteiger partial charge in [0.2, 0.25) is 0 Å². The van der Waals surface area contributed by atoms with Crippen molar-refractivity contribution in [2.75, 3.05) is 25.0 Å². The van der Waals surface area contributed by atoms with E-state index in [1.807, 2.05) is 54.7 Å². The lowest BCUT2D eigenvalue weighted by molar-refractivity contribution is 0.222. The molecule has 8 heteroatoms. The van der Waals surface area contributed by atoms with Crippen LogP contribution in [0.4, 0.5) is 10.5 Å². The summed E-state index contributed by atoms with van der Waals surface area (Å²) in [6.45, 7) is 9.79. The van der Waals surface area contributed by atoms with Crippen molar-refractivity contribution >= 4 is 17.7 Å². The SMILES string of the molecule is CCNC(=NCc1cccc(NC(=O)N2CCCC2)c1)NCc1c(C)nn(C)c1C. The number of hydrogen-bond donors (Lipinski definition) is 3. The van der Waals surface area contributed by atoms with Gasteiger partial charge in [-0.15, -0.1) is 0 Å². The van der Waals surface area contributed by atoms with E-state index in [4.69, 9.17) is 4.99 Å². The molecule has 2 amide bonds. The van der Waals surface area contributed by atoms with Gasteiger partial charge < -0.3 is 20.9 Å². The van der Waals surface area contributed by atoms with E-state index in [1.54, 1.807) is 0 Å². The van der Waals surface area contributed by atoms with Crippen molar-refractivity contribution in [1.82, 2.24) is 25.3 Å². The second kappa shape index (κ2) is 10.1. The molecule has 1 aromatic heterocycles. The fourth-order valence-corrected chi connectivity index (χ4v) is 3.63. The summed E-state index contributed by atoms with van der Waals surface area (Å²) in [5, 5.41) is 14.1. The number of benzene rings is 1. The van der Waals surface area contributed by atoms with Gasteiger partial charge in [0.1, 0.15) is 0 Å². The van der Waals surface area contributed by atoms with Crippen molar-refractivity contribution in [3.8, 4) is 0 Å². The predicted molar refractivity (Wildman–Crippen MR) is 121 cm³/mol. The van der Waals surface area contributed by atoms with Crippen LogP contribution in [0.25, 0.3) is 0 Å². The molecule has 1 fully saturated rings. The van der Waals surface area contributed by atoms with Gasteiger partial charge in [0.25, 0.3) is 0 Å². The highest BCUT2D eigenvalue weighted by atomic mass is 16.2. The van der Waals surface area contributed by atoms with Crippen LogP contribution < -0.4 is 16.0 Å². The molecule has 2 aromatic rings. The van der Waals surface area contributed by atoms with E-state index < -0.39 is 0 Å². The van der Waals surface area contributed by atoms with Crippen molar-refractivity contribution in [2.45, 2.75) is 46.7 Å². The zero-order chi connectivity index (χ0) is 21.5. The minimum Gasteiger partial charge on any atom is -0.357 e. The number of carbonyl (C=O) groups is 1. The Morgan fingerprint density at radius 1 is 1.20 bits per heavy atom. The highest BCUT2D eigenvalue weighted by Gasteiger charge is 2.17. The maximum Gasteiger partial charge on any atom is 0.321 e. The van der Waals surface area contributed by atoms with Crippen molar-refractivity contribution in [3.05, 3.63) is 46.8 Å². The Kier molecular flexibility index (Phi) is 7.32. The number of guanidine groups is 1. The molecule has 3 rings (SSSR count).